The van der Waals surface area contributed by atoms with Gasteiger partial charge in [-0.05, 0) is 52.7 Å². The maximum atomic E-state index is 12.7. The summed E-state index contributed by atoms with van der Waals surface area (Å²) in [5.41, 5.74) is 3.28. The molecule has 0 radical (unpaired) electrons. The van der Waals surface area contributed by atoms with Gasteiger partial charge in [0.1, 0.15) is 0 Å². The van der Waals surface area contributed by atoms with Crippen LogP contribution in [0.5, 0.6) is 0 Å². The van der Waals surface area contributed by atoms with Gasteiger partial charge in [-0.1, -0.05) is 36.4 Å². The van der Waals surface area contributed by atoms with Gasteiger partial charge in [0.05, 0.1) is 9.75 Å². The zero-order chi connectivity index (χ0) is 19.3. The Kier molecular flexibility index (Phi) is 5.32. The van der Waals surface area contributed by atoms with E-state index in [2.05, 4.69) is 10.6 Å². The first-order valence-electron chi connectivity index (χ1n) is 8.60. The van der Waals surface area contributed by atoms with E-state index in [0.717, 1.165) is 11.1 Å². The van der Waals surface area contributed by atoms with Crippen molar-refractivity contribution in [3.8, 4) is 11.1 Å². The first-order valence-corrected chi connectivity index (χ1v) is 10.4. The van der Waals surface area contributed by atoms with Crippen LogP contribution in [0.4, 0.5) is 11.4 Å². The molecule has 4 nitrogen and oxygen atoms in total. The van der Waals surface area contributed by atoms with Crippen molar-refractivity contribution in [3.63, 3.8) is 0 Å². The predicted molar refractivity (Wildman–Crippen MR) is 116 cm³/mol. The Hall–Kier alpha value is -3.22. The third-order valence-corrected chi connectivity index (χ3v) is 5.88. The number of carbonyl (C=O) groups is 2. The van der Waals surface area contributed by atoms with Gasteiger partial charge in [0.2, 0.25) is 0 Å². The van der Waals surface area contributed by atoms with E-state index in [9.17, 15) is 9.59 Å². The molecular weight excluding hydrogens is 388 g/mol. The minimum Gasteiger partial charge on any atom is -0.321 e. The van der Waals surface area contributed by atoms with Crippen LogP contribution < -0.4 is 10.6 Å². The van der Waals surface area contributed by atoms with Gasteiger partial charge in [0, 0.05) is 16.9 Å². The lowest BCUT2D eigenvalue weighted by Gasteiger charge is -2.08. The lowest BCUT2D eigenvalue weighted by Crippen LogP contribution is -2.12. The molecule has 0 spiro atoms. The first kappa shape index (κ1) is 18.2. The van der Waals surface area contributed by atoms with E-state index in [1.165, 1.54) is 22.7 Å². The second-order valence-electron chi connectivity index (χ2n) is 5.99. The summed E-state index contributed by atoms with van der Waals surface area (Å²) < 4.78 is 0. The van der Waals surface area contributed by atoms with Crippen LogP contribution in [0.2, 0.25) is 0 Å². The summed E-state index contributed by atoms with van der Waals surface area (Å²) in [6.07, 6.45) is 0. The number of benzene rings is 2. The van der Waals surface area contributed by atoms with E-state index in [1.54, 1.807) is 30.3 Å². The second kappa shape index (κ2) is 8.21. The van der Waals surface area contributed by atoms with Crippen LogP contribution in [0, 0.1) is 0 Å². The number of hydrogen-bond donors (Lipinski definition) is 2. The molecule has 2 aromatic carbocycles. The van der Waals surface area contributed by atoms with E-state index < -0.39 is 0 Å². The van der Waals surface area contributed by atoms with Crippen LogP contribution in [0.15, 0.2) is 83.6 Å². The second-order valence-corrected chi connectivity index (χ2v) is 7.86. The van der Waals surface area contributed by atoms with Crippen LogP contribution in [0.25, 0.3) is 11.1 Å². The molecule has 4 rings (SSSR count). The van der Waals surface area contributed by atoms with Crippen molar-refractivity contribution in [1.82, 2.24) is 0 Å². The van der Waals surface area contributed by atoms with Gasteiger partial charge in [0.25, 0.3) is 11.8 Å². The highest BCUT2D eigenvalue weighted by Gasteiger charge is 2.15. The maximum Gasteiger partial charge on any atom is 0.266 e. The molecule has 2 amide bonds. The number of rotatable bonds is 5. The Morgan fingerprint density at radius 1 is 0.643 bits per heavy atom. The van der Waals surface area contributed by atoms with Crippen LogP contribution in [-0.2, 0) is 0 Å². The SMILES string of the molecule is O=C(Nc1ccc(NC(=O)c2sccc2-c2ccccc2)cc1)c1cccs1. The monoisotopic (exact) mass is 404 g/mol. The highest BCUT2D eigenvalue weighted by Crippen LogP contribution is 2.29. The average molecular weight is 405 g/mol. The number of anilines is 2. The molecule has 2 N–H and O–H groups in total. The molecule has 0 unspecified atom stereocenters. The predicted octanol–water partition coefficient (Wildman–Crippen LogP) is 5.98. The summed E-state index contributed by atoms with van der Waals surface area (Å²) in [6.45, 7) is 0. The summed E-state index contributed by atoms with van der Waals surface area (Å²) >= 11 is 2.81. The van der Waals surface area contributed by atoms with Crippen LogP contribution in [-0.4, -0.2) is 11.8 Å². The van der Waals surface area contributed by atoms with Crippen LogP contribution in [0.1, 0.15) is 19.3 Å². The fourth-order valence-corrected chi connectivity index (χ4v) is 4.19. The molecule has 28 heavy (non-hydrogen) atoms. The van der Waals surface area contributed by atoms with Crippen molar-refractivity contribution in [2.75, 3.05) is 10.6 Å². The average Bonchev–Trinajstić information content (AvgIpc) is 3.42. The van der Waals surface area contributed by atoms with Gasteiger partial charge in [0.15, 0.2) is 0 Å². The number of amides is 2. The minimum absolute atomic E-state index is 0.141. The number of thiophene rings is 2. The Morgan fingerprint density at radius 2 is 1.32 bits per heavy atom. The van der Waals surface area contributed by atoms with Gasteiger partial charge in [-0.15, -0.1) is 22.7 Å². The van der Waals surface area contributed by atoms with E-state index in [4.69, 9.17) is 0 Å². The highest BCUT2D eigenvalue weighted by atomic mass is 32.1. The minimum atomic E-state index is -0.149. The lowest BCUT2D eigenvalue weighted by atomic mass is 10.1. The van der Waals surface area contributed by atoms with Crippen molar-refractivity contribution in [1.29, 1.82) is 0 Å². The highest BCUT2D eigenvalue weighted by molar-refractivity contribution is 7.12. The van der Waals surface area contributed by atoms with Crippen molar-refractivity contribution < 1.29 is 9.59 Å². The molecule has 0 saturated heterocycles. The van der Waals surface area contributed by atoms with Crippen molar-refractivity contribution in [2.24, 2.45) is 0 Å². The van der Waals surface area contributed by atoms with Crippen molar-refractivity contribution in [2.45, 2.75) is 0 Å². The molecule has 0 aliphatic rings. The normalized spacial score (nSPS) is 10.4. The van der Waals surface area contributed by atoms with E-state index >= 15 is 0 Å². The third-order valence-electron chi connectivity index (χ3n) is 4.10. The number of hydrogen-bond acceptors (Lipinski definition) is 4. The summed E-state index contributed by atoms with van der Waals surface area (Å²) in [4.78, 5) is 26.1. The molecule has 4 aromatic rings. The Balaban J connectivity index is 1.45. The Labute approximate surface area is 170 Å². The fraction of sp³-hybridized carbons (Fsp3) is 0. The molecular formula is C22H16N2O2S2. The lowest BCUT2D eigenvalue weighted by molar-refractivity contribution is 0.102. The molecule has 0 aliphatic heterocycles. The molecule has 2 heterocycles. The number of nitrogens with one attached hydrogen (secondary N) is 2. The molecule has 138 valence electrons. The molecule has 0 atom stereocenters. The van der Waals surface area contributed by atoms with E-state index in [1.807, 2.05) is 53.2 Å². The standard InChI is InChI=1S/C22H16N2O2S2/c25-21(19-7-4-13-27-19)23-16-8-10-17(11-9-16)24-22(26)20-18(12-14-28-20)15-5-2-1-3-6-15/h1-14H,(H,23,25)(H,24,26). The number of carbonyl (C=O) groups excluding carboxylic acids is 2. The molecule has 2 aromatic heterocycles. The molecule has 0 bridgehead atoms. The van der Waals surface area contributed by atoms with Crippen LogP contribution in [0.3, 0.4) is 0 Å². The molecule has 0 saturated carbocycles. The summed E-state index contributed by atoms with van der Waals surface area (Å²) in [6, 6.07) is 22.5. The first-order chi connectivity index (χ1) is 13.7. The summed E-state index contributed by atoms with van der Waals surface area (Å²) in [5.74, 6) is -0.290. The van der Waals surface area contributed by atoms with E-state index in [0.29, 0.717) is 21.1 Å². The smallest absolute Gasteiger partial charge is 0.266 e. The Morgan fingerprint density at radius 3 is 1.96 bits per heavy atom. The fourth-order valence-electron chi connectivity index (χ4n) is 2.76. The van der Waals surface area contributed by atoms with Crippen molar-refractivity contribution >= 4 is 45.9 Å². The van der Waals surface area contributed by atoms with Gasteiger partial charge in [-0.25, -0.2) is 0 Å². The van der Waals surface area contributed by atoms with Gasteiger partial charge >= 0.3 is 0 Å². The van der Waals surface area contributed by atoms with Crippen LogP contribution >= 0.6 is 22.7 Å². The third kappa shape index (κ3) is 4.03. The van der Waals surface area contributed by atoms with Crippen molar-refractivity contribution in [3.05, 3.63) is 93.3 Å². The Bertz CT molecular complexity index is 1090. The molecule has 0 aliphatic carbocycles. The quantitative estimate of drug-likeness (QED) is 0.430. The van der Waals surface area contributed by atoms with Gasteiger partial charge < -0.3 is 10.6 Å². The van der Waals surface area contributed by atoms with E-state index in [-0.39, 0.29) is 11.8 Å². The molecule has 6 heteroatoms. The zero-order valence-electron chi connectivity index (χ0n) is 14.7. The largest absolute Gasteiger partial charge is 0.321 e. The molecule has 0 fully saturated rings. The maximum absolute atomic E-state index is 12.7. The van der Waals surface area contributed by atoms with Gasteiger partial charge in [-0.3, -0.25) is 9.59 Å². The summed E-state index contributed by atoms with van der Waals surface area (Å²) in [7, 11) is 0. The topological polar surface area (TPSA) is 58.2 Å². The van der Waals surface area contributed by atoms with Gasteiger partial charge in [-0.2, -0.15) is 0 Å². The zero-order valence-corrected chi connectivity index (χ0v) is 16.3. The summed E-state index contributed by atoms with van der Waals surface area (Å²) in [5, 5.41) is 9.55.